The van der Waals surface area contributed by atoms with Gasteiger partial charge in [0.05, 0.1) is 0 Å². The molecule has 0 aromatic heterocycles. The van der Waals surface area contributed by atoms with Crippen molar-refractivity contribution in [1.29, 1.82) is 0 Å². The van der Waals surface area contributed by atoms with Gasteiger partial charge in [-0.05, 0) is 0 Å². The lowest BCUT2D eigenvalue weighted by atomic mass is 10.4. The summed E-state index contributed by atoms with van der Waals surface area (Å²) < 4.78 is 13.6. The van der Waals surface area contributed by atoms with Crippen LogP contribution in [0.1, 0.15) is 0 Å². The molecule has 1 atom stereocenters. The number of halogens is 4. The standard InChI is InChI=1S/C9H9Cl4NO7/c10-4(11)7(16)19-1-3(21-8(17)5(12)13)2-20-9(18)6(14)15/h3-5H,1-2H2,(H2,14,15). The first-order valence-electron chi connectivity index (χ1n) is 5.05. The van der Waals surface area contributed by atoms with E-state index in [1.165, 1.54) is 0 Å². The SMILES string of the molecule is NC(=O)C(=O)OCC(COC(=O)C(Cl)Cl)OC(=O)C(Cl)Cl. The van der Waals surface area contributed by atoms with E-state index in [0.29, 0.717) is 0 Å². The highest BCUT2D eigenvalue weighted by Gasteiger charge is 2.24. The number of amides is 1. The first-order valence-corrected chi connectivity index (χ1v) is 6.79. The maximum absolute atomic E-state index is 11.2. The van der Waals surface area contributed by atoms with Crippen molar-refractivity contribution in [2.24, 2.45) is 5.73 Å². The zero-order valence-electron chi connectivity index (χ0n) is 10.1. The number of carbonyl (C=O) groups excluding carboxylic acids is 4. The summed E-state index contributed by atoms with van der Waals surface area (Å²) >= 11 is 21.0. The number of carbonyl (C=O) groups is 4. The second-order valence-electron chi connectivity index (χ2n) is 3.25. The fourth-order valence-electron chi connectivity index (χ4n) is 0.810. The number of hydrogen-bond acceptors (Lipinski definition) is 7. The van der Waals surface area contributed by atoms with Crippen LogP contribution < -0.4 is 5.73 Å². The molecule has 0 bridgehead atoms. The Balaban J connectivity index is 4.54. The molecule has 0 aromatic rings. The maximum Gasteiger partial charge on any atom is 0.396 e. The van der Waals surface area contributed by atoms with Crippen molar-refractivity contribution in [3.8, 4) is 0 Å². The Morgan fingerprint density at radius 3 is 1.76 bits per heavy atom. The predicted molar refractivity (Wildman–Crippen MR) is 72.0 cm³/mol. The highest BCUT2D eigenvalue weighted by Crippen LogP contribution is 2.09. The molecule has 120 valence electrons. The summed E-state index contributed by atoms with van der Waals surface area (Å²) in [6.07, 6.45) is -1.28. The van der Waals surface area contributed by atoms with Gasteiger partial charge in [-0.25, -0.2) is 14.4 Å². The Morgan fingerprint density at radius 1 is 0.857 bits per heavy atom. The lowest BCUT2D eigenvalue weighted by molar-refractivity contribution is -0.166. The minimum atomic E-state index is -1.51. The van der Waals surface area contributed by atoms with E-state index >= 15 is 0 Å². The summed E-state index contributed by atoms with van der Waals surface area (Å²) in [7, 11) is 0. The van der Waals surface area contributed by atoms with E-state index in [-0.39, 0.29) is 0 Å². The molecule has 21 heavy (non-hydrogen) atoms. The van der Waals surface area contributed by atoms with Crippen LogP contribution in [0.5, 0.6) is 0 Å². The van der Waals surface area contributed by atoms with E-state index < -0.39 is 52.8 Å². The van der Waals surface area contributed by atoms with Crippen LogP contribution in [0.25, 0.3) is 0 Å². The Hall–Kier alpha value is -0.960. The Kier molecular flexibility index (Phi) is 9.43. The van der Waals surface area contributed by atoms with Gasteiger partial charge in [0.25, 0.3) is 0 Å². The van der Waals surface area contributed by atoms with Gasteiger partial charge in [0.1, 0.15) is 13.2 Å². The van der Waals surface area contributed by atoms with E-state index in [2.05, 4.69) is 19.9 Å². The van der Waals surface area contributed by atoms with Crippen LogP contribution in [0.15, 0.2) is 0 Å². The van der Waals surface area contributed by atoms with Gasteiger partial charge in [-0.2, -0.15) is 0 Å². The molecular formula is C9H9Cl4NO7. The normalized spacial score (nSPS) is 11.9. The minimum absolute atomic E-state index is 0.562. The van der Waals surface area contributed by atoms with Crippen LogP contribution >= 0.6 is 46.4 Å². The van der Waals surface area contributed by atoms with Gasteiger partial charge >= 0.3 is 23.8 Å². The van der Waals surface area contributed by atoms with Crippen LogP contribution in [-0.4, -0.2) is 52.8 Å². The third-order valence-electron chi connectivity index (χ3n) is 1.65. The molecule has 0 aliphatic carbocycles. The molecule has 0 aliphatic heterocycles. The third kappa shape index (κ3) is 8.82. The molecule has 0 rings (SSSR count). The molecule has 0 heterocycles. The molecule has 0 saturated carbocycles. The van der Waals surface area contributed by atoms with Crippen molar-refractivity contribution >= 4 is 70.2 Å². The number of hydrogen-bond donors (Lipinski definition) is 1. The fraction of sp³-hybridized carbons (Fsp3) is 0.556. The van der Waals surface area contributed by atoms with Crippen LogP contribution in [-0.2, 0) is 33.4 Å². The van der Waals surface area contributed by atoms with Crippen molar-refractivity contribution in [2.75, 3.05) is 13.2 Å². The van der Waals surface area contributed by atoms with E-state index in [1.54, 1.807) is 0 Å². The molecular weight excluding hydrogens is 376 g/mol. The smallest absolute Gasteiger partial charge is 0.396 e. The van der Waals surface area contributed by atoms with Gasteiger partial charge < -0.3 is 19.9 Å². The molecule has 0 aliphatic rings. The van der Waals surface area contributed by atoms with E-state index in [0.717, 1.165) is 0 Å². The quantitative estimate of drug-likeness (QED) is 0.285. The van der Waals surface area contributed by atoms with Gasteiger partial charge in [-0.15, -0.1) is 0 Å². The van der Waals surface area contributed by atoms with Crippen molar-refractivity contribution < 1.29 is 33.4 Å². The molecule has 0 aromatic carbocycles. The number of primary amides is 1. The van der Waals surface area contributed by atoms with Gasteiger partial charge in [-0.1, -0.05) is 46.4 Å². The van der Waals surface area contributed by atoms with Crippen LogP contribution in [0.2, 0.25) is 0 Å². The Morgan fingerprint density at radius 2 is 1.33 bits per heavy atom. The van der Waals surface area contributed by atoms with Gasteiger partial charge in [-0.3, -0.25) is 4.79 Å². The van der Waals surface area contributed by atoms with Crippen molar-refractivity contribution in [2.45, 2.75) is 15.8 Å². The Bertz CT molecular complexity index is 415. The highest BCUT2D eigenvalue weighted by molar-refractivity contribution is 6.53. The van der Waals surface area contributed by atoms with E-state index in [9.17, 15) is 19.2 Å². The monoisotopic (exact) mass is 383 g/mol. The topological polar surface area (TPSA) is 122 Å². The molecule has 0 spiro atoms. The van der Waals surface area contributed by atoms with Crippen LogP contribution in [0.3, 0.4) is 0 Å². The number of rotatable bonds is 7. The first kappa shape index (κ1) is 20.0. The molecule has 1 amide bonds. The van der Waals surface area contributed by atoms with Crippen molar-refractivity contribution in [3.05, 3.63) is 0 Å². The van der Waals surface area contributed by atoms with Crippen LogP contribution in [0.4, 0.5) is 0 Å². The summed E-state index contributed by atoms with van der Waals surface area (Å²) in [5.41, 5.74) is 4.65. The number of ether oxygens (including phenoxy) is 3. The largest absolute Gasteiger partial charge is 0.460 e. The predicted octanol–water partition coefficient (Wildman–Crippen LogP) is 0.0773. The van der Waals surface area contributed by atoms with E-state index in [1.807, 2.05) is 0 Å². The van der Waals surface area contributed by atoms with Crippen molar-refractivity contribution in [1.82, 2.24) is 0 Å². The van der Waals surface area contributed by atoms with Crippen LogP contribution in [0, 0.1) is 0 Å². The average Bonchev–Trinajstić information content (AvgIpc) is 2.40. The lowest BCUT2D eigenvalue weighted by Gasteiger charge is -2.18. The summed E-state index contributed by atoms with van der Waals surface area (Å²) in [5.74, 6) is -4.83. The summed E-state index contributed by atoms with van der Waals surface area (Å²) in [6, 6.07) is 0. The summed E-state index contributed by atoms with van der Waals surface area (Å²) in [5, 5.41) is 0. The van der Waals surface area contributed by atoms with Gasteiger partial charge in [0.15, 0.2) is 6.10 Å². The molecule has 1 unspecified atom stereocenters. The first-order chi connectivity index (χ1) is 9.65. The maximum atomic E-state index is 11.2. The molecule has 0 radical (unpaired) electrons. The average molecular weight is 385 g/mol. The minimum Gasteiger partial charge on any atom is -0.460 e. The zero-order chi connectivity index (χ0) is 16.6. The Labute approximate surface area is 138 Å². The molecule has 2 N–H and O–H groups in total. The fourth-order valence-corrected chi connectivity index (χ4v) is 1.04. The van der Waals surface area contributed by atoms with E-state index in [4.69, 9.17) is 46.4 Å². The number of alkyl halides is 4. The van der Waals surface area contributed by atoms with Crippen molar-refractivity contribution in [3.63, 3.8) is 0 Å². The second kappa shape index (κ2) is 9.88. The number of nitrogens with two attached hydrogens (primary N) is 1. The second-order valence-corrected chi connectivity index (χ2v) is 5.45. The summed E-state index contributed by atoms with van der Waals surface area (Å²) in [6.45, 7) is -1.19. The molecule has 0 saturated heterocycles. The molecule has 8 nitrogen and oxygen atoms in total. The molecule has 0 fully saturated rings. The third-order valence-corrected chi connectivity index (χ3v) is 2.36. The number of esters is 3. The summed E-state index contributed by atoms with van der Waals surface area (Å²) in [4.78, 5) is 40.6. The van der Waals surface area contributed by atoms with Gasteiger partial charge in [0, 0.05) is 0 Å². The highest BCUT2D eigenvalue weighted by atomic mass is 35.5. The lowest BCUT2D eigenvalue weighted by Crippen LogP contribution is -2.35. The molecule has 12 heteroatoms. The van der Waals surface area contributed by atoms with Gasteiger partial charge in [0.2, 0.25) is 9.67 Å². The zero-order valence-corrected chi connectivity index (χ0v) is 13.1.